The molecule has 2 amide bonds. The molecule has 0 radical (unpaired) electrons. The fourth-order valence-electron chi connectivity index (χ4n) is 3.44. The van der Waals surface area contributed by atoms with Crippen molar-refractivity contribution in [3.8, 4) is 0 Å². The fourth-order valence-corrected chi connectivity index (χ4v) is 3.44. The number of hydrogen-bond donors (Lipinski definition) is 2. The zero-order valence-corrected chi connectivity index (χ0v) is 16.9. The second kappa shape index (κ2) is 9.40. The maximum Gasteiger partial charge on any atom is 0.287 e. The Bertz CT molecular complexity index is 1140. The number of carbonyl (C=O) groups is 2. The van der Waals surface area contributed by atoms with E-state index in [0.29, 0.717) is 42.8 Å². The molecule has 160 valence electrons. The summed E-state index contributed by atoms with van der Waals surface area (Å²) in [5.74, 6) is 0.183. The predicted octanol–water partition coefficient (Wildman–Crippen LogP) is 1.10. The monoisotopic (exact) mass is 421 g/mol. The Balaban J connectivity index is 1.22. The van der Waals surface area contributed by atoms with Gasteiger partial charge >= 0.3 is 0 Å². The summed E-state index contributed by atoms with van der Waals surface area (Å²) in [6, 6.07) is 10.5. The Labute approximate surface area is 178 Å². The first-order valence-corrected chi connectivity index (χ1v) is 10.1. The molecular formula is C22H23N5O4. The van der Waals surface area contributed by atoms with Crippen molar-refractivity contribution in [2.45, 2.75) is 0 Å². The number of aromatic nitrogens is 2. The maximum absolute atomic E-state index is 12.4. The van der Waals surface area contributed by atoms with Crippen LogP contribution in [-0.4, -0.2) is 70.9 Å². The molecule has 2 N–H and O–H groups in total. The average molecular weight is 421 g/mol. The molecule has 0 unspecified atom stereocenters. The van der Waals surface area contributed by atoms with Crippen molar-refractivity contribution < 1.29 is 14.0 Å². The van der Waals surface area contributed by atoms with Gasteiger partial charge in [0.15, 0.2) is 5.82 Å². The van der Waals surface area contributed by atoms with E-state index in [1.165, 1.54) is 6.08 Å². The molecule has 2 aromatic heterocycles. The van der Waals surface area contributed by atoms with Crippen molar-refractivity contribution >= 4 is 28.8 Å². The standard InChI is InChI=1S/C22H23N5O4/c28-19(8-7-16-4-3-15-31-16)27-13-11-26(12-14-27)10-9-23-22(30)20-24-18-6-2-1-5-17(18)21(29)25-20/h1-8,15H,9-14H2,(H,23,30)(H,24,25,29). The molecule has 1 fully saturated rings. The number of piperazine rings is 1. The van der Waals surface area contributed by atoms with Crippen molar-refractivity contribution in [1.82, 2.24) is 25.1 Å². The summed E-state index contributed by atoms with van der Waals surface area (Å²) >= 11 is 0. The van der Waals surface area contributed by atoms with Gasteiger partial charge in [0.1, 0.15) is 5.76 Å². The van der Waals surface area contributed by atoms with Gasteiger partial charge in [-0.3, -0.25) is 19.3 Å². The van der Waals surface area contributed by atoms with Gasteiger partial charge in [-0.1, -0.05) is 12.1 Å². The zero-order valence-electron chi connectivity index (χ0n) is 16.9. The number of nitrogens with zero attached hydrogens (tertiary/aromatic N) is 3. The van der Waals surface area contributed by atoms with Crippen LogP contribution in [0.25, 0.3) is 17.0 Å². The third kappa shape index (κ3) is 5.07. The minimum atomic E-state index is -0.417. The van der Waals surface area contributed by atoms with Crippen LogP contribution in [0.2, 0.25) is 0 Å². The van der Waals surface area contributed by atoms with E-state index in [4.69, 9.17) is 4.42 Å². The number of aromatic amines is 1. The second-order valence-electron chi connectivity index (χ2n) is 7.20. The van der Waals surface area contributed by atoms with Crippen molar-refractivity contribution in [3.05, 3.63) is 70.7 Å². The number of hydrogen-bond acceptors (Lipinski definition) is 6. The van der Waals surface area contributed by atoms with E-state index in [1.807, 2.05) is 0 Å². The number of carbonyl (C=O) groups excluding carboxylic acids is 2. The smallest absolute Gasteiger partial charge is 0.287 e. The van der Waals surface area contributed by atoms with Crippen molar-refractivity contribution in [3.63, 3.8) is 0 Å². The highest BCUT2D eigenvalue weighted by atomic mass is 16.3. The highest BCUT2D eigenvalue weighted by Crippen LogP contribution is 2.07. The summed E-state index contributed by atoms with van der Waals surface area (Å²) in [4.78, 5) is 47.5. The third-order valence-corrected chi connectivity index (χ3v) is 5.16. The first-order valence-electron chi connectivity index (χ1n) is 10.1. The molecule has 1 aliphatic heterocycles. The van der Waals surface area contributed by atoms with Crippen molar-refractivity contribution in [1.29, 1.82) is 0 Å². The highest BCUT2D eigenvalue weighted by Gasteiger charge is 2.19. The van der Waals surface area contributed by atoms with Gasteiger partial charge in [-0.05, 0) is 30.3 Å². The summed E-state index contributed by atoms with van der Waals surface area (Å²) < 4.78 is 5.19. The van der Waals surface area contributed by atoms with Crippen LogP contribution in [0, 0.1) is 0 Å². The minimum Gasteiger partial charge on any atom is -0.465 e. The lowest BCUT2D eigenvalue weighted by molar-refractivity contribution is -0.127. The summed E-state index contributed by atoms with van der Waals surface area (Å²) in [5.41, 5.74) is 0.149. The molecule has 0 spiro atoms. The fraction of sp³-hybridized carbons (Fsp3) is 0.273. The lowest BCUT2D eigenvalue weighted by Crippen LogP contribution is -2.50. The molecule has 3 heterocycles. The average Bonchev–Trinajstić information content (AvgIpc) is 3.31. The van der Waals surface area contributed by atoms with Gasteiger partial charge in [0.2, 0.25) is 5.91 Å². The number of fused-ring (bicyclic) bond motifs is 1. The summed E-state index contributed by atoms with van der Waals surface area (Å²) in [5, 5.41) is 3.24. The first kappa shape index (κ1) is 20.5. The topological polar surface area (TPSA) is 112 Å². The molecule has 9 heteroatoms. The van der Waals surface area contributed by atoms with Crippen LogP contribution in [0.5, 0.6) is 0 Å². The van der Waals surface area contributed by atoms with E-state index in [2.05, 4.69) is 20.2 Å². The van der Waals surface area contributed by atoms with Gasteiger partial charge in [0, 0.05) is 45.3 Å². The van der Waals surface area contributed by atoms with Gasteiger partial charge < -0.3 is 19.6 Å². The van der Waals surface area contributed by atoms with E-state index in [0.717, 1.165) is 13.1 Å². The molecule has 1 saturated heterocycles. The summed E-state index contributed by atoms with van der Waals surface area (Å²) in [7, 11) is 0. The van der Waals surface area contributed by atoms with Gasteiger partial charge in [0.05, 0.1) is 17.2 Å². The highest BCUT2D eigenvalue weighted by molar-refractivity contribution is 5.92. The second-order valence-corrected chi connectivity index (χ2v) is 7.20. The Kier molecular flexibility index (Phi) is 6.23. The number of para-hydroxylation sites is 1. The van der Waals surface area contributed by atoms with Crippen molar-refractivity contribution in [2.24, 2.45) is 0 Å². The van der Waals surface area contributed by atoms with Gasteiger partial charge in [0.25, 0.3) is 11.5 Å². The van der Waals surface area contributed by atoms with E-state index in [1.54, 1.807) is 53.6 Å². The molecule has 9 nitrogen and oxygen atoms in total. The van der Waals surface area contributed by atoms with Gasteiger partial charge in [-0.25, -0.2) is 4.98 Å². The minimum absolute atomic E-state index is 0.00228. The molecule has 31 heavy (non-hydrogen) atoms. The molecule has 1 aromatic carbocycles. The van der Waals surface area contributed by atoms with Crippen LogP contribution in [0.3, 0.4) is 0 Å². The maximum atomic E-state index is 12.4. The molecule has 0 atom stereocenters. The van der Waals surface area contributed by atoms with Crippen LogP contribution < -0.4 is 10.9 Å². The Morgan fingerprint density at radius 3 is 2.71 bits per heavy atom. The number of rotatable bonds is 6. The lowest BCUT2D eigenvalue weighted by Gasteiger charge is -2.34. The molecule has 3 aromatic rings. The van der Waals surface area contributed by atoms with Crippen LogP contribution in [0.4, 0.5) is 0 Å². The third-order valence-electron chi connectivity index (χ3n) is 5.16. The molecule has 4 rings (SSSR count). The number of nitrogens with one attached hydrogen (secondary N) is 2. The number of furan rings is 1. The Morgan fingerprint density at radius 2 is 1.94 bits per heavy atom. The number of benzene rings is 1. The number of H-pyrrole nitrogens is 1. The molecule has 1 aliphatic rings. The van der Waals surface area contributed by atoms with E-state index in [-0.39, 0.29) is 17.3 Å². The largest absolute Gasteiger partial charge is 0.465 e. The van der Waals surface area contributed by atoms with Crippen LogP contribution in [-0.2, 0) is 4.79 Å². The van der Waals surface area contributed by atoms with Gasteiger partial charge in [-0.15, -0.1) is 0 Å². The lowest BCUT2D eigenvalue weighted by atomic mass is 10.2. The SMILES string of the molecule is O=C(NCCN1CCN(C(=O)C=Cc2ccco2)CC1)c1nc2ccccc2c(=O)[nH]1. The summed E-state index contributed by atoms with van der Waals surface area (Å²) in [6.07, 6.45) is 4.75. The van der Waals surface area contributed by atoms with Crippen LogP contribution in [0.1, 0.15) is 16.4 Å². The zero-order chi connectivity index (χ0) is 21.6. The predicted molar refractivity (Wildman–Crippen MR) is 115 cm³/mol. The normalized spacial score (nSPS) is 14.9. The van der Waals surface area contributed by atoms with E-state index < -0.39 is 5.91 Å². The Morgan fingerprint density at radius 1 is 1.13 bits per heavy atom. The van der Waals surface area contributed by atoms with Crippen molar-refractivity contribution in [2.75, 3.05) is 39.3 Å². The summed E-state index contributed by atoms with van der Waals surface area (Å²) in [6.45, 7) is 3.75. The molecule has 0 saturated carbocycles. The van der Waals surface area contributed by atoms with Crippen LogP contribution >= 0.6 is 0 Å². The quantitative estimate of drug-likeness (QED) is 0.577. The molecular weight excluding hydrogens is 398 g/mol. The van der Waals surface area contributed by atoms with Crippen LogP contribution in [0.15, 0.2) is 57.9 Å². The molecule has 0 aliphatic carbocycles. The van der Waals surface area contributed by atoms with E-state index in [9.17, 15) is 14.4 Å². The number of amides is 2. The Hall–Kier alpha value is -3.72. The van der Waals surface area contributed by atoms with E-state index >= 15 is 0 Å². The molecule has 0 bridgehead atoms. The van der Waals surface area contributed by atoms with Gasteiger partial charge in [-0.2, -0.15) is 0 Å². The first-order chi connectivity index (χ1) is 15.1.